The maximum absolute atomic E-state index is 13.7. The van der Waals surface area contributed by atoms with Crippen molar-refractivity contribution in [2.75, 3.05) is 0 Å². The lowest BCUT2D eigenvalue weighted by atomic mass is 9.96. The number of rotatable bonds is 3. The molecule has 1 atom stereocenters. The molecule has 1 unspecified atom stereocenters. The van der Waals surface area contributed by atoms with Gasteiger partial charge in [0.2, 0.25) is 0 Å². The van der Waals surface area contributed by atoms with E-state index in [1.54, 1.807) is 19.9 Å². The van der Waals surface area contributed by atoms with Gasteiger partial charge >= 0.3 is 0 Å². The molecule has 0 heterocycles. The molecular formula is C13H15FO2. The molecule has 0 saturated heterocycles. The number of hydrogen-bond donors (Lipinski definition) is 1. The minimum absolute atomic E-state index is 0.0348. The molecule has 0 aliphatic heterocycles. The van der Waals surface area contributed by atoms with Gasteiger partial charge in [0.15, 0.2) is 5.78 Å². The van der Waals surface area contributed by atoms with Crippen molar-refractivity contribution in [1.82, 2.24) is 0 Å². The molecule has 1 saturated carbocycles. The van der Waals surface area contributed by atoms with Crippen LogP contribution in [0.25, 0.3) is 0 Å². The zero-order valence-corrected chi connectivity index (χ0v) is 9.46. The summed E-state index contributed by atoms with van der Waals surface area (Å²) in [4.78, 5) is 11.9. The van der Waals surface area contributed by atoms with Crippen LogP contribution in [-0.4, -0.2) is 17.0 Å². The lowest BCUT2D eigenvalue weighted by Gasteiger charge is -2.12. The van der Waals surface area contributed by atoms with Gasteiger partial charge in [-0.05, 0) is 49.8 Å². The number of aliphatic hydroxyl groups excluding tert-OH is 1. The first kappa shape index (κ1) is 11.3. The summed E-state index contributed by atoms with van der Waals surface area (Å²) in [7, 11) is 0. The van der Waals surface area contributed by atoms with Gasteiger partial charge in [-0.25, -0.2) is 4.39 Å². The van der Waals surface area contributed by atoms with Crippen LogP contribution in [0.1, 0.15) is 34.3 Å². The van der Waals surface area contributed by atoms with E-state index in [4.69, 9.17) is 0 Å². The van der Waals surface area contributed by atoms with E-state index in [0.29, 0.717) is 5.56 Å². The van der Waals surface area contributed by atoms with Crippen LogP contribution in [0.2, 0.25) is 0 Å². The van der Waals surface area contributed by atoms with E-state index in [0.717, 1.165) is 18.4 Å². The van der Waals surface area contributed by atoms with E-state index in [2.05, 4.69) is 0 Å². The Morgan fingerprint density at radius 2 is 2.06 bits per heavy atom. The second-order valence-corrected chi connectivity index (χ2v) is 4.59. The molecule has 3 heteroatoms. The molecule has 0 spiro atoms. The van der Waals surface area contributed by atoms with Crippen LogP contribution in [0.4, 0.5) is 4.39 Å². The van der Waals surface area contributed by atoms with Crippen molar-refractivity contribution in [2.24, 2.45) is 5.92 Å². The van der Waals surface area contributed by atoms with E-state index in [1.165, 1.54) is 6.07 Å². The zero-order chi connectivity index (χ0) is 11.9. The molecule has 0 radical (unpaired) electrons. The monoisotopic (exact) mass is 222 g/mol. The van der Waals surface area contributed by atoms with Crippen LogP contribution in [0.5, 0.6) is 0 Å². The number of benzene rings is 1. The van der Waals surface area contributed by atoms with Crippen molar-refractivity contribution in [3.05, 3.63) is 34.6 Å². The summed E-state index contributed by atoms with van der Waals surface area (Å²) in [6.45, 7) is 3.48. The highest BCUT2D eigenvalue weighted by Crippen LogP contribution is 2.34. The Kier molecular flexibility index (Phi) is 2.80. The number of hydrogen-bond acceptors (Lipinski definition) is 2. The van der Waals surface area contributed by atoms with E-state index >= 15 is 0 Å². The largest absolute Gasteiger partial charge is 0.385 e. The van der Waals surface area contributed by atoms with Crippen molar-refractivity contribution in [1.29, 1.82) is 0 Å². The quantitative estimate of drug-likeness (QED) is 0.797. The second-order valence-electron chi connectivity index (χ2n) is 4.59. The lowest BCUT2D eigenvalue weighted by Crippen LogP contribution is -2.24. The standard InChI is InChI=1S/C13H15FO2/c1-7-5-8(2)11(10(14)6-7)13(16)12(15)9-3-4-9/h5-6,9,12,15H,3-4H2,1-2H3. The highest BCUT2D eigenvalue weighted by atomic mass is 19.1. The average Bonchev–Trinajstić information content (AvgIpc) is 2.97. The molecule has 86 valence electrons. The van der Waals surface area contributed by atoms with Gasteiger partial charge < -0.3 is 5.11 Å². The average molecular weight is 222 g/mol. The first-order chi connectivity index (χ1) is 7.50. The van der Waals surface area contributed by atoms with Crippen molar-refractivity contribution >= 4 is 5.78 Å². The van der Waals surface area contributed by atoms with Gasteiger partial charge in [0.05, 0.1) is 5.56 Å². The number of ketones is 1. The van der Waals surface area contributed by atoms with Crippen molar-refractivity contribution < 1.29 is 14.3 Å². The van der Waals surface area contributed by atoms with Gasteiger partial charge in [-0.1, -0.05) is 6.07 Å². The third-order valence-electron chi connectivity index (χ3n) is 3.02. The van der Waals surface area contributed by atoms with Gasteiger partial charge in [-0.2, -0.15) is 0 Å². The summed E-state index contributed by atoms with van der Waals surface area (Å²) >= 11 is 0. The van der Waals surface area contributed by atoms with E-state index in [-0.39, 0.29) is 11.5 Å². The Morgan fingerprint density at radius 1 is 1.44 bits per heavy atom. The van der Waals surface area contributed by atoms with Crippen LogP contribution in [0.15, 0.2) is 12.1 Å². The molecule has 1 aliphatic carbocycles. The zero-order valence-electron chi connectivity index (χ0n) is 9.46. The number of carbonyl (C=O) groups excluding carboxylic acids is 1. The van der Waals surface area contributed by atoms with Crippen molar-refractivity contribution in [3.8, 4) is 0 Å². The van der Waals surface area contributed by atoms with Crippen LogP contribution in [0.3, 0.4) is 0 Å². The normalized spacial score (nSPS) is 17.2. The van der Waals surface area contributed by atoms with Crippen molar-refractivity contribution in [2.45, 2.75) is 32.8 Å². The number of carbonyl (C=O) groups is 1. The Balaban J connectivity index is 2.35. The van der Waals surface area contributed by atoms with Gasteiger partial charge in [0, 0.05) is 0 Å². The second kappa shape index (κ2) is 3.98. The predicted molar refractivity (Wildman–Crippen MR) is 58.9 cm³/mol. The molecule has 0 aromatic heterocycles. The van der Waals surface area contributed by atoms with Crippen molar-refractivity contribution in [3.63, 3.8) is 0 Å². The fourth-order valence-corrected chi connectivity index (χ4v) is 2.00. The molecule has 0 amide bonds. The van der Waals surface area contributed by atoms with Crippen LogP contribution in [-0.2, 0) is 0 Å². The highest BCUT2D eigenvalue weighted by Gasteiger charge is 2.36. The smallest absolute Gasteiger partial charge is 0.194 e. The topological polar surface area (TPSA) is 37.3 Å². The Bertz CT molecular complexity index is 413. The summed E-state index contributed by atoms with van der Waals surface area (Å²) in [5, 5.41) is 9.71. The maximum Gasteiger partial charge on any atom is 0.194 e. The third kappa shape index (κ3) is 2.00. The lowest BCUT2D eigenvalue weighted by molar-refractivity contribution is 0.0698. The molecule has 16 heavy (non-hydrogen) atoms. The van der Waals surface area contributed by atoms with Crippen LogP contribution >= 0.6 is 0 Å². The van der Waals surface area contributed by atoms with Gasteiger partial charge in [-0.3, -0.25) is 4.79 Å². The Labute approximate surface area is 94.1 Å². The molecule has 1 fully saturated rings. The van der Waals surface area contributed by atoms with E-state index < -0.39 is 17.7 Å². The molecular weight excluding hydrogens is 207 g/mol. The minimum atomic E-state index is -1.03. The summed E-state index contributed by atoms with van der Waals surface area (Å²) in [5.74, 6) is -0.965. The fourth-order valence-electron chi connectivity index (χ4n) is 2.00. The summed E-state index contributed by atoms with van der Waals surface area (Å²) in [6.07, 6.45) is 0.690. The van der Waals surface area contributed by atoms with Crippen LogP contribution in [0, 0.1) is 25.6 Å². The van der Waals surface area contributed by atoms with Gasteiger partial charge in [-0.15, -0.1) is 0 Å². The number of halogens is 1. The first-order valence-corrected chi connectivity index (χ1v) is 5.49. The molecule has 0 bridgehead atoms. The molecule has 1 aromatic rings. The summed E-state index contributed by atoms with van der Waals surface area (Å²) in [5.41, 5.74) is 1.43. The molecule has 2 nitrogen and oxygen atoms in total. The maximum atomic E-state index is 13.7. The van der Waals surface area contributed by atoms with E-state index in [1.807, 2.05) is 0 Å². The van der Waals surface area contributed by atoms with Gasteiger partial charge in [0.1, 0.15) is 11.9 Å². The van der Waals surface area contributed by atoms with Crippen LogP contribution < -0.4 is 0 Å². The van der Waals surface area contributed by atoms with Gasteiger partial charge in [0.25, 0.3) is 0 Å². The molecule has 1 aromatic carbocycles. The Morgan fingerprint density at radius 3 is 2.56 bits per heavy atom. The predicted octanol–water partition coefficient (Wildman–Crippen LogP) is 2.40. The number of aliphatic hydroxyl groups is 1. The highest BCUT2D eigenvalue weighted by molar-refractivity contribution is 6.01. The number of aryl methyl sites for hydroxylation is 2. The SMILES string of the molecule is Cc1cc(C)c(C(=O)C(O)C2CC2)c(F)c1. The molecule has 1 aliphatic rings. The fraction of sp³-hybridized carbons (Fsp3) is 0.462. The molecule has 1 N–H and O–H groups in total. The first-order valence-electron chi connectivity index (χ1n) is 5.49. The minimum Gasteiger partial charge on any atom is -0.385 e. The summed E-state index contributed by atoms with van der Waals surface area (Å²) in [6, 6.07) is 3.09. The molecule has 2 rings (SSSR count). The summed E-state index contributed by atoms with van der Waals surface area (Å²) < 4.78 is 13.7. The van der Waals surface area contributed by atoms with E-state index in [9.17, 15) is 14.3 Å². The Hall–Kier alpha value is -1.22. The third-order valence-corrected chi connectivity index (χ3v) is 3.02. The number of Topliss-reactive ketones (excluding diaryl/α,β-unsaturated/α-hetero) is 1.